The van der Waals surface area contributed by atoms with Gasteiger partial charge in [-0.05, 0) is 12.1 Å². The largest absolute Gasteiger partial charge is 0.347 e. The van der Waals surface area contributed by atoms with Crippen LogP contribution in [0, 0.1) is 0 Å². The van der Waals surface area contributed by atoms with Gasteiger partial charge in [0, 0.05) is 25.0 Å². The van der Waals surface area contributed by atoms with E-state index in [-0.39, 0.29) is 22.8 Å². The van der Waals surface area contributed by atoms with Gasteiger partial charge in [0.2, 0.25) is 5.91 Å². The quantitative estimate of drug-likeness (QED) is 0.796. The third-order valence-corrected chi connectivity index (χ3v) is 3.45. The number of hydrogen-bond acceptors (Lipinski definition) is 4. The Labute approximate surface area is 105 Å². The number of aryl methyl sites for hydroxylation is 1. The van der Waals surface area contributed by atoms with Crippen molar-refractivity contribution in [2.45, 2.75) is 12.2 Å². The van der Waals surface area contributed by atoms with Crippen LogP contribution in [0.4, 0.5) is 0 Å². The molecule has 0 fully saturated rings. The van der Waals surface area contributed by atoms with Crippen molar-refractivity contribution in [3.05, 3.63) is 24.0 Å². The highest BCUT2D eigenvalue weighted by atomic mass is 32.2. The molecule has 0 aliphatic rings. The molecule has 2 amide bonds. The number of carbonyl (C=O) groups excluding carboxylic acids is 2. The van der Waals surface area contributed by atoms with Crippen LogP contribution in [0.15, 0.2) is 18.3 Å². The van der Waals surface area contributed by atoms with Gasteiger partial charge in [0.25, 0.3) is 5.91 Å². The first-order chi connectivity index (χ1) is 8.04. The van der Waals surface area contributed by atoms with Gasteiger partial charge in [0.05, 0.1) is 5.75 Å². The summed E-state index contributed by atoms with van der Waals surface area (Å²) in [4.78, 5) is 23.1. The molecule has 0 saturated carbocycles. The summed E-state index contributed by atoms with van der Waals surface area (Å²) in [5.74, 6) is -0.417. The van der Waals surface area contributed by atoms with Crippen LogP contribution in [-0.2, 0) is 11.8 Å². The molecule has 3 N–H and O–H groups in total. The number of nitrogens with two attached hydrogens (primary N) is 1. The molecule has 17 heavy (non-hydrogen) atoms. The van der Waals surface area contributed by atoms with Gasteiger partial charge in [-0.3, -0.25) is 14.9 Å². The average Bonchev–Trinajstić information content (AvgIpc) is 2.72. The normalized spacial score (nSPS) is 12.2. The Morgan fingerprint density at radius 2 is 2.29 bits per heavy atom. The van der Waals surface area contributed by atoms with E-state index in [1.54, 1.807) is 29.9 Å². The predicted octanol–water partition coefficient (Wildman–Crippen LogP) is 0.362. The minimum absolute atomic E-state index is 0.214. The Morgan fingerprint density at radius 1 is 1.59 bits per heavy atom. The molecule has 5 nitrogen and oxygen atoms in total. The fourth-order valence-corrected chi connectivity index (χ4v) is 1.85. The molecular formula is C11H17N3O2S. The number of hydrogen-bond donors (Lipinski definition) is 2. The number of carbonyl (C=O) groups is 2. The summed E-state index contributed by atoms with van der Waals surface area (Å²) in [6, 6.07) is 3.42. The molecule has 0 saturated heterocycles. The number of rotatable bonds is 5. The van der Waals surface area contributed by atoms with Gasteiger partial charge in [-0.15, -0.1) is 11.8 Å². The third kappa shape index (κ3) is 4.24. The zero-order chi connectivity index (χ0) is 12.8. The molecule has 1 rings (SSSR count). The van der Waals surface area contributed by atoms with Crippen LogP contribution >= 0.6 is 11.8 Å². The molecule has 0 aliphatic heterocycles. The second-order valence-electron chi connectivity index (χ2n) is 3.74. The first-order valence-electron chi connectivity index (χ1n) is 5.31. The fourth-order valence-electron chi connectivity index (χ4n) is 1.21. The molecule has 0 aliphatic carbocycles. The van der Waals surface area contributed by atoms with Gasteiger partial charge in [-0.2, -0.15) is 0 Å². The number of aromatic nitrogens is 1. The maximum Gasteiger partial charge on any atom is 0.274 e. The maximum atomic E-state index is 11.7. The standard InChI is InChI=1S/C11H17N3O2S/c1-8(6-12)17-7-10(15)13-11(16)9-4-3-5-14(9)2/h3-5,8H,6-7,12H2,1-2H3,(H,13,15,16). The zero-order valence-electron chi connectivity index (χ0n) is 9.97. The van der Waals surface area contributed by atoms with Gasteiger partial charge in [-0.25, -0.2) is 0 Å². The molecule has 0 aromatic carbocycles. The zero-order valence-corrected chi connectivity index (χ0v) is 10.8. The Balaban J connectivity index is 2.42. The topological polar surface area (TPSA) is 77.1 Å². The molecule has 1 unspecified atom stereocenters. The molecule has 1 aromatic heterocycles. The molecule has 1 atom stereocenters. The smallest absolute Gasteiger partial charge is 0.274 e. The number of nitrogens with zero attached hydrogens (tertiary/aromatic N) is 1. The van der Waals surface area contributed by atoms with E-state index in [2.05, 4.69) is 5.32 Å². The van der Waals surface area contributed by atoms with E-state index in [1.165, 1.54) is 11.8 Å². The molecule has 1 heterocycles. The lowest BCUT2D eigenvalue weighted by Crippen LogP contribution is -2.33. The number of imide groups is 1. The number of amides is 2. The number of thioether (sulfide) groups is 1. The van der Waals surface area contributed by atoms with Crippen LogP contribution in [-0.4, -0.2) is 33.9 Å². The molecule has 1 aromatic rings. The molecule has 0 radical (unpaired) electrons. The van der Waals surface area contributed by atoms with Crippen LogP contribution in [0.2, 0.25) is 0 Å². The molecule has 0 spiro atoms. The first-order valence-corrected chi connectivity index (χ1v) is 6.36. The monoisotopic (exact) mass is 255 g/mol. The summed E-state index contributed by atoms with van der Waals surface area (Å²) in [6.07, 6.45) is 1.75. The van der Waals surface area contributed by atoms with E-state index in [0.29, 0.717) is 12.2 Å². The van der Waals surface area contributed by atoms with E-state index >= 15 is 0 Å². The lowest BCUT2D eigenvalue weighted by molar-refractivity contribution is -0.117. The fraction of sp³-hybridized carbons (Fsp3) is 0.455. The second kappa shape index (κ2) is 6.46. The third-order valence-electron chi connectivity index (χ3n) is 2.26. The Morgan fingerprint density at radius 3 is 2.82 bits per heavy atom. The van der Waals surface area contributed by atoms with E-state index in [1.807, 2.05) is 6.92 Å². The van der Waals surface area contributed by atoms with Gasteiger partial charge in [0.15, 0.2) is 0 Å². The Bertz CT molecular complexity index is 403. The van der Waals surface area contributed by atoms with Crippen molar-refractivity contribution >= 4 is 23.6 Å². The summed E-state index contributed by atoms with van der Waals surface area (Å²) in [5, 5.41) is 2.56. The van der Waals surface area contributed by atoms with Gasteiger partial charge < -0.3 is 10.3 Å². The lowest BCUT2D eigenvalue weighted by Gasteiger charge is -2.08. The highest BCUT2D eigenvalue weighted by Gasteiger charge is 2.13. The Hall–Kier alpha value is -1.27. The summed E-state index contributed by atoms with van der Waals surface area (Å²) in [7, 11) is 1.75. The second-order valence-corrected chi connectivity index (χ2v) is 5.17. The van der Waals surface area contributed by atoms with Gasteiger partial charge in [0.1, 0.15) is 5.69 Å². The van der Waals surface area contributed by atoms with Crippen molar-refractivity contribution in [2.24, 2.45) is 12.8 Å². The SMILES string of the molecule is CC(CN)SCC(=O)NC(=O)c1cccn1C. The summed E-state index contributed by atoms with van der Waals surface area (Å²) >= 11 is 1.43. The highest BCUT2D eigenvalue weighted by molar-refractivity contribution is 8.00. The lowest BCUT2D eigenvalue weighted by atomic mass is 10.4. The predicted molar refractivity (Wildman–Crippen MR) is 68.9 cm³/mol. The van der Waals surface area contributed by atoms with Crippen molar-refractivity contribution < 1.29 is 9.59 Å². The van der Waals surface area contributed by atoms with Crippen molar-refractivity contribution in [3.8, 4) is 0 Å². The van der Waals surface area contributed by atoms with Gasteiger partial charge in [-0.1, -0.05) is 6.92 Å². The summed E-state index contributed by atoms with van der Waals surface area (Å²) in [5.41, 5.74) is 5.90. The Kier molecular flexibility index (Phi) is 5.24. The van der Waals surface area contributed by atoms with Crippen molar-refractivity contribution in [1.82, 2.24) is 9.88 Å². The maximum absolute atomic E-state index is 11.7. The van der Waals surface area contributed by atoms with Crippen molar-refractivity contribution in [2.75, 3.05) is 12.3 Å². The van der Waals surface area contributed by atoms with Crippen molar-refractivity contribution in [1.29, 1.82) is 0 Å². The van der Waals surface area contributed by atoms with Crippen LogP contribution in [0.25, 0.3) is 0 Å². The molecule has 6 heteroatoms. The minimum atomic E-state index is -0.372. The number of nitrogens with one attached hydrogen (secondary N) is 1. The van der Waals surface area contributed by atoms with Gasteiger partial charge >= 0.3 is 0 Å². The van der Waals surface area contributed by atoms with E-state index in [0.717, 1.165) is 0 Å². The van der Waals surface area contributed by atoms with E-state index < -0.39 is 0 Å². The summed E-state index contributed by atoms with van der Waals surface area (Å²) < 4.78 is 1.66. The average molecular weight is 255 g/mol. The van der Waals surface area contributed by atoms with E-state index in [4.69, 9.17) is 5.73 Å². The van der Waals surface area contributed by atoms with Crippen LogP contribution in [0.5, 0.6) is 0 Å². The minimum Gasteiger partial charge on any atom is -0.347 e. The molecule has 94 valence electrons. The van der Waals surface area contributed by atoms with Crippen LogP contribution in [0.1, 0.15) is 17.4 Å². The van der Waals surface area contributed by atoms with E-state index in [9.17, 15) is 9.59 Å². The summed E-state index contributed by atoms with van der Waals surface area (Å²) in [6.45, 7) is 2.46. The first kappa shape index (κ1) is 13.8. The van der Waals surface area contributed by atoms with Crippen molar-refractivity contribution in [3.63, 3.8) is 0 Å². The molecule has 0 bridgehead atoms. The van der Waals surface area contributed by atoms with Crippen LogP contribution in [0.3, 0.4) is 0 Å². The molecular weight excluding hydrogens is 238 g/mol. The highest BCUT2D eigenvalue weighted by Crippen LogP contribution is 2.08. The van der Waals surface area contributed by atoms with Crippen LogP contribution < -0.4 is 11.1 Å².